The number of piperidine rings is 2. The SMILES string of the molecule is O=C([C@@H]1CC[C@@]2(CCO2)CN1)N1CCC(c2noc(C3CCC(F)(F)CC3)n2)(C(F)(F)F)CC1. The van der Waals surface area contributed by atoms with Gasteiger partial charge in [0.15, 0.2) is 5.82 Å². The summed E-state index contributed by atoms with van der Waals surface area (Å²) in [6.07, 6.45) is -3.59. The fourth-order valence-electron chi connectivity index (χ4n) is 5.69. The average Bonchev–Trinajstić information content (AvgIpc) is 3.27. The number of aromatic nitrogens is 2. The zero-order chi connectivity index (χ0) is 24.2. The number of hydrogen-bond donors (Lipinski definition) is 1. The van der Waals surface area contributed by atoms with Gasteiger partial charge in [0.1, 0.15) is 5.41 Å². The van der Waals surface area contributed by atoms with Crippen LogP contribution in [0.15, 0.2) is 4.52 Å². The molecule has 4 heterocycles. The molecule has 0 bridgehead atoms. The lowest BCUT2D eigenvalue weighted by Gasteiger charge is -2.47. The Hall–Kier alpha value is -1.82. The fourth-order valence-corrected chi connectivity index (χ4v) is 5.69. The molecular weight excluding hydrogens is 463 g/mol. The van der Waals surface area contributed by atoms with Gasteiger partial charge >= 0.3 is 6.18 Å². The number of ether oxygens (including phenoxy) is 1. The van der Waals surface area contributed by atoms with Gasteiger partial charge in [0.25, 0.3) is 0 Å². The molecule has 0 aromatic carbocycles. The molecule has 1 aliphatic carbocycles. The van der Waals surface area contributed by atoms with E-state index in [1.807, 2.05) is 0 Å². The first-order valence-electron chi connectivity index (χ1n) is 12.0. The summed E-state index contributed by atoms with van der Waals surface area (Å²) in [4.78, 5) is 18.5. The van der Waals surface area contributed by atoms with Gasteiger partial charge in [-0.25, -0.2) is 8.78 Å². The number of carbonyl (C=O) groups is 1. The lowest BCUT2D eigenvalue weighted by Crippen LogP contribution is -2.62. The number of nitrogens with one attached hydrogen (secondary N) is 1. The number of alkyl halides is 5. The highest BCUT2D eigenvalue weighted by Gasteiger charge is 2.60. The molecular formula is C22H29F5N4O3. The number of amides is 1. The summed E-state index contributed by atoms with van der Waals surface area (Å²) in [6, 6.07) is -0.422. The number of rotatable bonds is 3. The Morgan fingerprint density at radius 1 is 1.03 bits per heavy atom. The second kappa shape index (κ2) is 8.39. The molecule has 1 aromatic rings. The van der Waals surface area contributed by atoms with Gasteiger partial charge in [-0.1, -0.05) is 5.16 Å². The first kappa shape index (κ1) is 23.9. The first-order valence-corrected chi connectivity index (χ1v) is 12.0. The van der Waals surface area contributed by atoms with Crippen LogP contribution >= 0.6 is 0 Å². The zero-order valence-corrected chi connectivity index (χ0v) is 18.8. The summed E-state index contributed by atoms with van der Waals surface area (Å²) in [6.45, 7) is 1.15. The normalized spacial score (nSPS) is 31.9. The smallest absolute Gasteiger partial charge is 0.373 e. The summed E-state index contributed by atoms with van der Waals surface area (Å²) in [7, 11) is 0. The van der Waals surface area contributed by atoms with Crippen molar-refractivity contribution in [1.29, 1.82) is 0 Å². The molecule has 5 rings (SSSR count). The molecule has 34 heavy (non-hydrogen) atoms. The van der Waals surface area contributed by atoms with Crippen LogP contribution in [-0.4, -0.2) is 70.9 Å². The van der Waals surface area contributed by atoms with Crippen molar-refractivity contribution in [2.45, 2.75) is 92.9 Å². The molecule has 1 spiro atoms. The van der Waals surface area contributed by atoms with E-state index in [2.05, 4.69) is 15.5 Å². The van der Waals surface area contributed by atoms with Gasteiger partial charge in [-0.15, -0.1) is 0 Å². The molecule has 0 radical (unpaired) electrons. The van der Waals surface area contributed by atoms with E-state index in [4.69, 9.17) is 9.26 Å². The Labute approximate surface area is 193 Å². The van der Waals surface area contributed by atoms with Crippen molar-refractivity contribution < 1.29 is 36.0 Å². The minimum atomic E-state index is -4.64. The van der Waals surface area contributed by atoms with E-state index in [9.17, 15) is 26.7 Å². The lowest BCUT2D eigenvalue weighted by atomic mass is 9.76. The maximum Gasteiger partial charge on any atom is 0.401 e. The van der Waals surface area contributed by atoms with Gasteiger partial charge in [-0.2, -0.15) is 18.2 Å². The van der Waals surface area contributed by atoms with Crippen molar-refractivity contribution in [2.75, 3.05) is 26.2 Å². The molecule has 0 unspecified atom stereocenters. The van der Waals surface area contributed by atoms with Crippen molar-refractivity contribution in [1.82, 2.24) is 20.4 Å². The van der Waals surface area contributed by atoms with Gasteiger partial charge in [0.2, 0.25) is 17.7 Å². The van der Waals surface area contributed by atoms with Crippen molar-refractivity contribution in [3.05, 3.63) is 11.7 Å². The molecule has 1 aromatic heterocycles. The predicted octanol–water partition coefficient (Wildman–Crippen LogP) is 3.70. The third-order valence-corrected chi connectivity index (χ3v) is 8.23. The Balaban J connectivity index is 1.25. The summed E-state index contributed by atoms with van der Waals surface area (Å²) >= 11 is 0. The van der Waals surface area contributed by atoms with Crippen LogP contribution in [0.1, 0.15) is 75.4 Å². The van der Waals surface area contributed by atoms with Crippen LogP contribution < -0.4 is 5.32 Å². The Kier molecular flexibility index (Phi) is 5.90. The number of carbonyl (C=O) groups excluding carboxylic acids is 1. The van der Waals surface area contributed by atoms with Gasteiger partial charge in [0.05, 0.1) is 18.2 Å². The zero-order valence-electron chi connectivity index (χ0n) is 18.8. The maximum absolute atomic E-state index is 14.3. The molecule has 7 nitrogen and oxygen atoms in total. The van der Waals surface area contributed by atoms with E-state index in [0.29, 0.717) is 13.0 Å². The van der Waals surface area contributed by atoms with Crippen LogP contribution in [0.5, 0.6) is 0 Å². The number of halogens is 5. The Bertz CT molecular complexity index is 889. The molecule has 1 amide bonds. The monoisotopic (exact) mass is 492 g/mol. The van der Waals surface area contributed by atoms with Gasteiger partial charge in [-0.05, 0) is 38.5 Å². The van der Waals surface area contributed by atoms with Crippen molar-refractivity contribution in [3.63, 3.8) is 0 Å². The molecule has 12 heteroatoms. The predicted molar refractivity (Wildman–Crippen MR) is 108 cm³/mol. The molecule has 3 saturated heterocycles. The quantitative estimate of drug-likeness (QED) is 0.649. The fraction of sp³-hybridized carbons (Fsp3) is 0.864. The van der Waals surface area contributed by atoms with E-state index in [0.717, 1.165) is 19.4 Å². The molecule has 2 atom stereocenters. The minimum Gasteiger partial charge on any atom is -0.373 e. The number of hydrogen-bond acceptors (Lipinski definition) is 6. The Morgan fingerprint density at radius 2 is 1.71 bits per heavy atom. The third kappa shape index (κ3) is 4.20. The van der Waals surface area contributed by atoms with Crippen LogP contribution in [0, 0.1) is 0 Å². The van der Waals surface area contributed by atoms with Crippen LogP contribution in [0.3, 0.4) is 0 Å². The van der Waals surface area contributed by atoms with Crippen LogP contribution in [-0.2, 0) is 14.9 Å². The van der Waals surface area contributed by atoms with Crippen molar-refractivity contribution in [3.8, 4) is 0 Å². The molecule has 4 fully saturated rings. The highest BCUT2D eigenvalue weighted by atomic mass is 19.4. The van der Waals surface area contributed by atoms with Gasteiger partial charge < -0.3 is 19.5 Å². The highest BCUT2D eigenvalue weighted by Crippen LogP contribution is 2.48. The summed E-state index contributed by atoms with van der Waals surface area (Å²) in [5.41, 5.74) is -2.51. The van der Waals surface area contributed by atoms with Crippen molar-refractivity contribution in [2.24, 2.45) is 0 Å². The molecule has 190 valence electrons. The van der Waals surface area contributed by atoms with E-state index < -0.39 is 35.3 Å². The third-order valence-electron chi connectivity index (χ3n) is 8.23. The summed E-state index contributed by atoms with van der Waals surface area (Å²) < 4.78 is 80.6. The van der Waals surface area contributed by atoms with E-state index >= 15 is 0 Å². The topological polar surface area (TPSA) is 80.5 Å². The Morgan fingerprint density at radius 3 is 2.24 bits per heavy atom. The van der Waals surface area contributed by atoms with Gasteiger partial charge in [0, 0.05) is 44.8 Å². The lowest BCUT2D eigenvalue weighted by molar-refractivity contribution is -0.206. The molecule has 1 N–H and O–H groups in total. The van der Waals surface area contributed by atoms with Crippen LogP contribution in [0.4, 0.5) is 22.0 Å². The van der Waals surface area contributed by atoms with Crippen molar-refractivity contribution >= 4 is 5.91 Å². The second-order valence-electron chi connectivity index (χ2n) is 10.2. The molecule has 4 aliphatic rings. The average molecular weight is 492 g/mol. The molecule has 3 aliphatic heterocycles. The summed E-state index contributed by atoms with van der Waals surface area (Å²) in [5.74, 6) is -3.88. The number of nitrogens with zero attached hydrogens (tertiary/aromatic N) is 3. The first-order chi connectivity index (χ1) is 16.0. The van der Waals surface area contributed by atoms with E-state index in [1.165, 1.54) is 4.90 Å². The molecule has 1 saturated carbocycles. The minimum absolute atomic E-state index is 0.00817. The maximum atomic E-state index is 14.3. The number of likely N-dealkylation sites (tertiary alicyclic amines) is 1. The second-order valence-corrected chi connectivity index (χ2v) is 10.2. The highest BCUT2D eigenvalue weighted by molar-refractivity contribution is 5.82. The van der Waals surface area contributed by atoms with Crippen LogP contribution in [0.25, 0.3) is 0 Å². The summed E-state index contributed by atoms with van der Waals surface area (Å²) in [5, 5.41) is 6.86. The van der Waals surface area contributed by atoms with Crippen LogP contribution in [0.2, 0.25) is 0 Å². The largest absolute Gasteiger partial charge is 0.401 e. The standard InChI is InChI=1S/C22H29F5N4O3/c23-21(24)5-1-14(2-6-21)16-29-18(30-34-16)20(22(25,26)27)7-10-31(11-8-20)17(32)15-3-4-19(13-28-15)9-12-33-19/h14-15,28H,1-13H2/t15-,19+/m0/s1. The van der Waals surface area contributed by atoms with E-state index in [-0.39, 0.29) is 69.0 Å². The van der Waals surface area contributed by atoms with E-state index in [1.54, 1.807) is 0 Å². The van der Waals surface area contributed by atoms with Gasteiger partial charge in [-0.3, -0.25) is 4.79 Å².